The first-order valence-corrected chi connectivity index (χ1v) is 9.66. The fraction of sp³-hybridized carbons (Fsp3) is 0.318. The number of ether oxygens (including phenoxy) is 2. The molecule has 0 aliphatic heterocycles. The van der Waals surface area contributed by atoms with Gasteiger partial charge in [0.05, 0.1) is 31.7 Å². The van der Waals surface area contributed by atoms with Gasteiger partial charge in [0.25, 0.3) is 5.91 Å². The number of amides is 2. The van der Waals surface area contributed by atoms with Gasteiger partial charge in [-0.2, -0.15) is 0 Å². The van der Waals surface area contributed by atoms with Crippen molar-refractivity contribution in [3.05, 3.63) is 65.2 Å². The van der Waals surface area contributed by atoms with Gasteiger partial charge in [0.2, 0.25) is 5.91 Å². The normalized spacial score (nSPS) is 11.4. The maximum atomic E-state index is 13.7. The molecule has 9 heteroatoms. The number of hydrogen-bond acceptors (Lipinski definition) is 5. The Labute approximate surface area is 178 Å². The van der Waals surface area contributed by atoms with Gasteiger partial charge in [-0.25, -0.2) is 8.78 Å². The van der Waals surface area contributed by atoms with Gasteiger partial charge in [-0.3, -0.25) is 14.4 Å². The molecule has 2 N–H and O–H groups in total. The molecule has 0 bridgehead atoms. The number of nitrogens with one attached hydrogen (secondary N) is 2. The summed E-state index contributed by atoms with van der Waals surface area (Å²) in [5.41, 5.74) is 0.330. The molecule has 2 rings (SSSR count). The molecule has 2 amide bonds. The first-order valence-electron chi connectivity index (χ1n) is 9.66. The lowest BCUT2D eigenvalue weighted by Gasteiger charge is -2.19. The Morgan fingerprint density at radius 3 is 2.55 bits per heavy atom. The van der Waals surface area contributed by atoms with Crippen LogP contribution in [0.5, 0.6) is 5.75 Å². The first kappa shape index (κ1) is 23.8. The molecule has 166 valence electrons. The fourth-order valence-electron chi connectivity index (χ4n) is 2.82. The Kier molecular flexibility index (Phi) is 8.93. The molecule has 0 saturated carbocycles. The van der Waals surface area contributed by atoms with E-state index in [-0.39, 0.29) is 31.6 Å². The van der Waals surface area contributed by atoms with Crippen LogP contribution in [0.15, 0.2) is 42.5 Å². The van der Waals surface area contributed by atoms with E-state index >= 15 is 0 Å². The zero-order valence-corrected chi connectivity index (χ0v) is 17.2. The van der Waals surface area contributed by atoms with E-state index in [1.165, 1.54) is 7.11 Å². The number of halogens is 2. The minimum atomic E-state index is -0.991. The summed E-state index contributed by atoms with van der Waals surface area (Å²) in [4.78, 5) is 36.3. The molecule has 0 fully saturated rings. The molecular formula is C22H24F2N2O5. The average Bonchev–Trinajstić information content (AvgIpc) is 2.73. The molecule has 0 saturated heterocycles. The van der Waals surface area contributed by atoms with E-state index in [9.17, 15) is 23.2 Å². The predicted octanol–water partition coefficient (Wildman–Crippen LogP) is 2.90. The Balaban J connectivity index is 1.97. The van der Waals surface area contributed by atoms with Crippen LogP contribution in [0.4, 0.5) is 8.78 Å². The highest BCUT2D eigenvalue weighted by Crippen LogP contribution is 2.22. The lowest BCUT2D eigenvalue weighted by molar-refractivity contribution is -0.143. The van der Waals surface area contributed by atoms with Gasteiger partial charge in [0, 0.05) is 19.0 Å². The molecule has 0 heterocycles. The van der Waals surface area contributed by atoms with Crippen molar-refractivity contribution in [2.45, 2.75) is 25.8 Å². The predicted molar refractivity (Wildman–Crippen MR) is 108 cm³/mol. The Bertz CT molecular complexity index is 936. The molecule has 0 aliphatic carbocycles. The summed E-state index contributed by atoms with van der Waals surface area (Å²) < 4.78 is 36.8. The molecule has 0 aliphatic rings. The van der Waals surface area contributed by atoms with Crippen LogP contribution in [0.25, 0.3) is 0 Å². The Hall–Kier alpha value is -3.49. The number of hydrogen-bond donors (Lipinski definition) is 2. The van der Waals surface area contributed by atoms with Crippen molar-refractivity contribution in [3.8, 4) is 5.75 Å². The summed E-state index contributed by atoms with van der Waals surface area (Å²) in [5.74, 6) is -2.89. The molecule has 1 atom stereocenters. The summed E-state index contributed by atoms with van der Waals surface area (Å²) in [5, 5.41) is 5.14. The topological polar surface area (TPSA) is 93.7 Å². The highest BCUT2D eigenvalue weighted by molar-refractivity contribution is 5.94. The van der Waals surface area contributed by atoms with Crippen LogP contribution in [0.3, 0.4) is 0 Å². The second-order valence-corrected chi connectivity index (χ2v) is 6.54. The summed E-state index contributed by atoms with van der Waals surface area (Å²) in [6.45, 7) is 1.82. The smallest absolute Gasteiger partial charge is 0.308 e. The van der Waals surface area contributed by atoms with Crippen molar-refractivity contribution in [1.82, 2.24) is 10.6 Å². The van der Waals surface area contributed by atoms with Crippen LogP contribution < -0.4 is 15.4 Å². The lowest BCUT2D eigenvalue weighted by atomic mass is 10.0. The van der Waals surface area contributed by atoms with Gasteiger partial charge in [0.1, 0.15) is 17.4 Å². The minimum Gasteiger partial charge on any atom is -0.497 e. The van der Waals surface area contributed by atoms with Crippen LogP contribution in [0.2, 0.25) is 0 Å². The van der Waals surface area contributed by atoms with Gasteiger partial charge in [-0.15, -0.1) is 0 Å². The third-order valence-electron chi connectivity index (χ3n) is 4.32. The number of rotatable bonds is 10. The molecule has 7 nitrogen and oxygen atoms in total. The monoisotopic (exact) mass is 434 g/mol. The van der Waals surface area contributed by atoms with Gasteiger partial charge in [-0.05, 0) is 36.8 Å². The van der Waals surface area contributed by atoms with E-state index in [0.29, 0.717) is 17.4 Å². The number of carbonyl (C=O) groups is 3. The average molecular weight is 434 g/mol. The number of benzene rings is 2. The number of esters is 1. The highest BCUT2D eigenvalue weighted by atomic mass is 19.1. The standard InChI is InChI=1S/C22H24F2N2O5/c1-3-31-21(28)13-19(14-5-4-6-16(11-14)30-2)26-20(27)9-10-25-22(29)17-8-7-15(23)12-18(17)24/h4-8,11-12,19H,3,9-10,13H2,1-2H3,(H,25,29)(H,26,27). The molecular weight excluding hydrogens is 410 g/mol. The molecule has 2 aromatic carbocycles. The van der Waals surface area contributed by atoms with E-state index in [1.54, 1.807) is 31.2 Å². The summed E-state index contributed by atoms with van der Waals surface area (Å²) in [7, 11) is 1.50. The van der Waals surface area contributed by atoms with Crippen molar-refractivity contribution < 1.29 is 32.6 Å². The van der Waals surface area contributed by atoms with Crippen LogP contribution in [-0.4, -0.2) is 38.0 Å². The first-order chi connectivity index (χ1) is 14.8. The van der Waals surface area contributed by atoms with E-state index in [1.807, 2.05) is 0 Å². The number of carbonyl (C=O) groups excluding carboxylic acids is 3. The summed E-state index contributed by atoms with van der Waals surface area (Å²) in [6.07, 6.45) is -0.197. The lowest BCUT2D eigenvalue weighted by Crippen LogP contribution is -2.34. The molecule has 0 aromatic heterocycles. The van der Waals surface area contributed by atoms with E-state index in [2.05, 4.69) is 10.6 Å². The van der Waals surface area contributed by atoms with Crippen molar-refractivity contribution in [1.29, 1.82) is 0 Å². The van der Waals surface area contributed by atoms with Gasteiger partial charge in [0.15, 0.2) is 0 Å². The van der Waals surface area contributed by atoms with E-state index in [4.69, 9.17) is 9.47 Å². The van der Waals surface area contributed by atoms with Crippen molar-refractivity contribution >= 4 is 17.8 Å². The zero-order valence-electron chi connectivity index (χ0n) is 17.2. The second-order valence-electron chi connectivity index (χ2n) is 6.54. The third kappa shape index (κ3) is 7.36. The van der Waals surface area contributed by atoms with Crippen molar-refractivity contribution in [2.75, 3.05) is 20.3 Å². The largest absolute Gasteiger partial charge is 0.497 e. The maximum Gasteiger partial charge on any atom is 0.308 e. The SMILES string of the molecule is CCOC(=O)CC(NC(=O)CCNC(=O)c1ccc(F)cc1F)c1cccc(OC)c1. The second kappa shape index (κ2) is 11.6. The highest BCUT2D eigenvalue weighted by Gasteiger charge is 2.20. The molecule has 1 unspecified atom stereocenters. The maximum absolute atomic E-state index is 13.7. The Morgan fingerprint density at radius 2 is 1.87 bits per heavy atom. The van der Waals surface area contributed by atoms with Crippen LogP contribution in [-0.2, 0) is 14.3 Å². The fourth-order valence-corrected chi connectivity index (χ4v) is 2.82. The molecule has 31 heavy (non-hydrogen) atoms. The molecule has 0 radical (unpaired) electrons. The minimum absolute atomic E-state index is 0.0777. The molecule has 0 spiro atoms. The Morgan fingerprint density at radius 1 is 1.10 bits per heavy atom. The summed E-state index contributed by atoms with van der Waals surface area (Å²) in [6, 6.07) is 8.85. The van der Waals surface area contributed by atoms with Gasteiger partial charge < -0.3 is 20.1 Å². The summed E-state index contributed by atoms with van der Waals surface area (Å²) >= 11 is 0. The van der Waals surface area contributed by atoms with E-state index < -0.39 is 35.5 Å². The van der Waals surface area contributed by atoms with Gasteiger partial charge in [-0.1, -0.05) is 12.1 Å². The van der Waals surface area contributed by atoms with Crippen molar-refractivity contribution in [3.63, 3.8) is 0 Å². The number of methoxy groups -OCH3 is 1. The molecule has 2 aromatic rings. The zero-order chi connectivity index (χ0) is 22.8. The van der Waals surface area contributed by atoms with Crippen LogP contribution in [0, 0.1) is 11.6 Å². The van der Waals surface area contributed by atoms with Gasteiger partial charge >= 0.3 is 5.97 Å². The third-order valence-corrected chi connectivity index (χ3v) is 4.32. The quantitative estimate of drug-likeness (QED) is 0.561. The van der Waals surface area contributed by atoms with Crippen molar-refractivity contribution in [2.24, 2.45) is 0 Å². The van der Waals surface area contributed by atoms with Crippen LogP contribution >= 0.6 is 0 Å². The van der Waals surface area contributed by atoms with E-state index in [0.717, 1.165) is 12.1 Å². The van der Waals surface area contributed by atoms with Crippen LogP contribution in [0.1, 0.15) is 41.7 Å².